The minimum atomic E-state index is -0.257. The number of hydrogen-bond donors (Lipinski definition) is 1. The largest absolute Gasteiger partial charge is 0.441 e. The van der Waals surface area contributed by atoms with Crippen molar-refractivity contribution in [2.75, 3.05) is 13.1 Å². The second-order valence-corrected chi connectivity index (χ2v) is 5.71. The summed E-state index contributed by atoms with van der Waals surface area (Å²) in [5, 5.41) is 4.55. The van der Waals surface area contributed by atoms with Gasteiger partial charge in [0.1, 0.15) is 11.6 Å². The lowest BCUT2D eigenvalue weighted by Gasteiger charge is -2.28. The van der Waals surface area contributed by atoms with Crippen molar-refractivity contribution in [2.45, 2.75) is 5.92 Å². The van der Waals surface area contributed by atoms with Crippen LogP contribution in [0.25, 0.3) is 10.9 Å². The Balaban J connectivity index is 1.84. The highest BCUT2D eigenvalue weighted by Crippen LogP contribution is 2.40. The van der Waals surface area contributed by atoms with Crippen molar-refractivity contribution in [1.29, 1.82) is 0 Å². The van der Waals surface area contributed by atoms with E-state index >= 15 is 0 Å². The van der Waals surface area contributed by atoms with Crippen LogP contribution >= 0.6 is 0 Å². The van der Waals surface area contributed by atoms with Gasteiger partial charge in [0.05, 0.1) is 5.52 Å². The summed E-state index contributed by atoms with van der Waals surface area (Å²) < 4.78 is 21.3. The van der Waals surface area contributed by atoms with Crippen LogP contribution < -0.4 is 10.1 Å². The summed E-state index contributed by atoms with van der Waals surface area (Å²) in [5.41, 5.74) is 2.39. The van der Waals surface area contributed by atoms with Gasteiger partial charge < -0.3 is 14.6 Å². The number of benzene rings is 2. The molecule has 4 heteroatoms. The van der Waals surface area contributed by atoms with Crippen LogP contribution in [0.4, 0.5) is 4.39 Å². The number of aromatic nitrogens is 1. The first-order valence-corrected chi connectivity index (χ1v) is 7.45. The average molecular weight is 296 g/mol. The molecule has 2 heterocycles. The summed E-state index contributed by atoms with van der Waals surface area (Å²) in [6.07, 6.45) is 0. The van der Waals surface area contributed by atoms with Gasteiger partial charge in [0.2, 0.25) is 5.88 Å². The van der Waals surface area contributed by atoms with Gasteiger partial charge in [-0.15, -0.1) is 0 Å². The molecule has 4 rings (SSSR count). The standard InChI is InChI=1S/C18H17FN2O/c1-21-16-5-3-2-4-15(16)17(12-10-20-11-12)18(21)22-14-8-6-13(19)7-9-14/h2-9,12,20H,10-11H2,1H3. The fraction of sp³-hybridized carbons (Fsp3) is 0.222. The second kappa shape index (κ2) is 5.14. The Labute approximate surface area is 128 Å². The summed E-state index contributed by atoms with van der Waals surface area (Å²) in [4.78, 5) is 0. The summed E-state index contributed by atoms with van der Waals surface area (Å²) in [6.45, 7) is 1.93. The maximum absolute atomic E-state index is 13.1. The lowest BCUT2D eigenvalue weighted by Crippen LogP contribution is -2.39. The maximum Gasteiger partial charge on any atom is 0.204 e. The lowest BCUT2D eigenvalue weighted by molar-refractivity contribution is 0.403. The number of nitrogens with one attached hydrogen (secondary N) is 1. The van der Waals surface area contributed by atoms with E-state index in [1.807, 2.05) is 13.1 Å². The Hall–Kier alpha value is -2.33. The van der Waals surface area contributed by atoms with Crippen molar-refractivity contribution < 1.29 is 9.13 Å². The quantitative estimate of drug-likeness (QED) is 0.795. The smallest absolute Gasteiger partial charge is 0.204 e. The van der Waals surface area contributed by atoms with E-state index in [1.165, 1.54) is 23.1 Å². The fourth-order valence-electron chi connectivity index (χ4n) is 3.02. The highest BCUT2D eigenvalue weighted by atomic mass is 19.1. The number of aryl methyl sites for hydroxylation is 1. The fourth-order valence-corrected chi connectivity index (χ4v) is 3.02. The molecule has 1 N–H and O–H groups in total. The first-order chi connectivity index (χ1) is 10.7. The van der Waals surface area contributed by atoms with Crippen LogP contribution in [0.5, 0.6) is 11.6 Å². The van der Waals surface area contributed by atoms with E-state index in [-0.39, 0.29) is 5.82 Å². The first-order valence-electron chi connectivity index (χ1n) is 7.45. The molecule has 0 spiro atoms. The molecule has 1 aromatic heterocycles. The molecule has 1 aliphatic heterocycles. The zero-order valence-corrected chi connectivity index (χ0v) is 12.3. The summed E-state index contributed by atoms with van der Waals surface area (Å²) in [5.74, 6) is 1.70. The molecule has 0 radical (unpaired) electrons. The first kappa shape index (κ1) is 13.3. The van der Waals surface area contributed by atoms with Crippen LogP contribution in [0.2, 0.25) is 0 Å². The van der Waals surface area contributed by atoms with Crippen LogP contribution in [-0.2, 0) is 7.05 Å². The van der Waals surface area contributed by atoms with Gasteiger partial charge in [0.15, 0.2) is 0 Å². The zero-order chi connectivity index (χ0) is 15.1. The van der Waals surface area contributed by atoms with E-state index < -0.39 is 0 Å². The van der Waals surface area contributed by atoms with Gasteiger partial charge in [-0.2, -0.15) is 0 Å². The molecule has 1 aliphatic rings. The number of fused-ring (bicyclic) bond motifs is 1. The number of para-hydroxylation sites is 1. The van der Waals surface area contributed by atoms with Gasteiger partial charge in [-0.3, -0.25) is 0 Å². The van der Waals surface area contributed by atoms with Crippen LogP contribution in [0.15, 0.2) is 48.5 Å². The Kier molecular flexibility index (Phi) is 3.12. The number of halogens is 1. The second-order valence-electron chi connectivity index (χ2n) is 5.71. The van der Waals surface area contributed by atoms with E-state index in [4.69, 9.17) is 4.74 Å². The molecule has 1 saturated heterocycles. The molecular formula is C18H17FN2O. The Morgan fingerprint density at radius 3 is 2.50 bits per heavy atom. The van der Waals surface area contributed by atoms with E-state index in [2.05, 4.69) is 28.1 Å². The van der Waals surface area contributed by atoms with Crippen molar-refractivity contribution in [3.63, 3.8) is 0 Å². The van der Waals surface area contributed by atoms with E-state index in [0.717, 1.165) is 24.5 Å². The summed E-state index contributed by atoms with van der Waals surface area (Å²) >= 11 is 0. The van der Waals surface area contributed by atoms with Gasteiger partial charge in [-0.25, -0.2) is 4.39 Å². The maximum atomic E-state index is 13.1. The molecule has 0 saturated carbocycles. The van der Waals surface area contributed by atoms with Crippen LogP contribution in [-0.4, -0.2) is 17.7 Å². The topological polar surface area (TPSA) is 26.2 Å². The minimum Gasteiger partial charge on any atom is -0.441 e. The Morgan fingerprint density at radius 2 is 1.82 bits per heavy atom. The third-order valence-electron chi connectivity index (χ3n) is 4.31. The Morgan fingerprint density at radius 1 is 1.09 bits per heavy atom. The molecule has 0 aliphatic carbocycles. The predicted molar refractivity (Wildman–Crippen MR) is 85.0 cm³/mol. The number of hydrogen-bond acceptors (Lipinski definition) is 2. The monoisotopic (exact) mass is 296 g/mol. The van der Waals surface area contributed by atoms with Crippen molar-refractivity contribution >= 4 is 10.9 Å². The molecule has 3 nitrogen and oxygen atoms in total. The molecule has 0 amide bonds. The van der Waals surface area contributed by atoms with Crippen molar-refractivity contribution in [3.8, 4) is 11.6 Å². The molecule has 0 atom stereocenters. The summed E-state index contributed by atoms with van der Waals surface area (Å²) in [6, 6.07) is 14.5. The van der Waals surface area contributed by atoms with Crippen LogP contribution in [0, 0.1) is 5.82 Å². The van der Waals surface area contributed by atoms with Crippen molar-refractivity contribution in [1.82, 2.24) is 9.88 Å². The van der Waals surface area contributed by atoms with E-state index in [0.29, 0.717) is 11.7 Å². The molecule has 3 aromatic rings. The van der Waals surface area contributed by atoms with Gasteiger partial charge >= 0.3 is 0 Å². The van der Waals surface area contributed by atoms with Crippen molar-refractivity contribution in [2.24, 2.45) is 7.05 Å². The summed E-state index contributed by atoms with van der Waals surface area (Å²) in [7, 11) is 2.01. The highest BCUT2D eigenvalue weighted by molar-refractivity contribution is 5.87. The highest BCUT2D eigenvalue weighted by Gasteiger charge is 2.28. The predicted octanol–water partition coefficient (Wildman–Crippen LogP) is 3.80. The lowest BCUT2D eigenvalue weighted by atomic mass is 9.93. The van der Waals surface area contributed by atoms with Crippen molar-refractivity contribution in [3.05, 3.63) is 59.9 Å². The normalized spacial score (nSPS) is 15.0. The number of ether oxygens (including phenoxy) is 1. The van der Waals surface area contributed by atoms with Gasteiger partial charge in [-0.05, 0) is 30.3 Å². The SMILES string of the molecule is Cn1c(Oc2ccc(F)cc2)c(C2CNC2)c2ccccc21. The Bertz CT molecular complexity index is 819. The van der Waals surface area contributed by atoms with Gasteiger partial charge in [-0.1, -0.05) is 18.2 Å². The van der Waals surface area contributed by atoms with Gasteiger partial charge in [0, 0.05) is 37.0 Å². The number of nitrogens with zero attached hydrogens (tertiary/aromatic N) is 1. The molecule has 2 aromatic carbocycles. The molecule has 0 bridgehead atoms. The molecule has 0 unspecified atom stereocenters. The molecule has 22 heavy (non-hydrogen) atoms. The van der Waals surface area contributed by atoms with E-state index in [9.17, 15) is 4.39 Å². The van der Waals surface area contributed by atoms with Crippen LogP contribution in [0.1, 0.15) is 11.5 Å². The van der Waals surface area contributed by atoms with Gasteiger partial charge in [0.25, 0.3) is 0 Å². The third-order valence-corrected chi connectivity index (χ3v) is 4.31. The average Bonchev–Trinajstić information content (AvgIpc) is 2.75. The van der Waals surface area contributed by atoms with Crippen LogP contribution in [0.3, 0.4) is 0 Å². The molecule has 112 valence electrons. The molecule has 1 fully saturated rings. The minimum absolute atomic E-state index is 0.257. The third kappa shape index (κ3) is 2.07. The number of rotatable bonds is 3. The molecular weight excluding hydrogens is 279 g/mol. The zero-order valence-electron chi connectivity index (χ0n) is 12.3. The van der Waals surface area contributed by atoms with E-state index in [1.54, 1.807) is 12.1 Å².